The van der Waals surface area contributed by atoms with Crippen molar-refractivity contribution < 1.29 is 9.59 Å². The number of hydrogen-bond donors (Lipinski definition) is 2. The Hall–Kier alpha value is -2.81. The Kier molecular flexibility index (Phi) is 8.11. The second-order valence-electron chi connectivity index (χ2n) is 7.44. The zero-order chi connectivity index (χ0) is 22.2. The number of anilines is 1. The minimum absolute atomic E-state index is 0.0529. The summed E-state index contributed by atoms with van der Waals surface area (Å²) in [6.07, 6.45) is 2.63. The Balaban J connectivity index is 1.37. The lowest BCUT2D eigenvalue weighted by molar-refractivity contribution is -0.131. The van der Waals surface area contributed by atoms with E-state index < -0.39 is 0 Å². The van der Waals surface area contributed by atoms with Gasteiger partial charge in [0.25, 0.3) is 5.56 Å². The van der Waals surface area contributed by atoms with Crippen molar-refractivity contribution in [2.45, 2.75) is 31.3 Å². The van der Waals surface area contributed by atoms with Crippen molar-refractivity contribution >= 4 is 29.3 Å². The largest absolute Gasteiger partial charge is 0.368 e. The maximum Gasteiger partial charge on any atom is 0.254 e. The van der Waals surface area contributed by atoms with Crippen LogP contribution in [-0.2, 0) is 16.0 Å². The zero-order valence-corrected chi connectivity index (χ0v) is 18.8. The van der Waals surface area contributed by atoms with E-state index in [9.17, 15) is 14.4 Å². The van der Waals surface area contributed by atoms with E-state index in [0.717, 1.165) is 13.1 Å². The Labute approximate surface area is 186 Å². The molecule has 1 aromatic carbocycles. The van der Waals surface area contributed by atoms with Gasteiger partial charge in [-0.3, -0.25) is 14.4 Å². The van der Waals surface area contributed by atoms with Crippen LogP contribution in [0.4, 0.5) is 5.69 Å². The fraction of sp³-hybridized carbons (Fsp3) is 0.455. The van der Waals surface area contributed by atoms with Crippen molar-refractivity contribution in [1.82, 2.24) is 20.2 Å². The van der Waals surface area contributed by atoms with Crippen molar-refractivity contribution in [3.8, 4) is 0 Å². The maximum atomic E-state index is 12.5. The monoisotopic (exact) mass is 443 g/mol. The lowest BCUT2D eigenvalue weighted by Crippen LogP contribution is -2.49. The summed E-state index contributed by atoms with van der Waals surface area (Å²) in [5.74, 6) is -0.119. The minimum atomic E-state index is -0.200. The molecule has 166 valence electrons. The van der Waals surface area contributed by atoms with Crippen LogP contribution >= 0.6 is 11.8 Å². The van der Waals surface area contributed by atoms with Crippen molar-refractivity contribution in [2.24, 2.45) is 0 Å². The van der Waals surface area contributed by atoms with Gasteiger partial charge in [-0.1, -0.05) is 30.0 Å². The molecular weight excluding hydrogens is 414 g/mol. The highest BCUT2D eigenvalue weighted by molar-refractivity contribution is 7.98. The minimum Gasteiger partial charge on any atom is -0.368 e. The molecule has 31 heavy (non-hydrogen) atoms. The predicted octanol–water partition coefficient (Wildman–Crippen LogP) is 1.59. The normalized spacial score (nSPS) is 13.9. The quantitative estimate of drug-likeness (QED) is 0.475. The number of nitrogens with one attached hydrogen (secondary N) is 2. The molecule has 1 saturated heterocycles. The van der Waals surface area contributed by atoms with Crippen molar-refractivity contribution in [3.63, 3.8) is 0 Å². The first-order valence-electron chi connectivity index (χ1n) is 10.5. The SMILES string of the molecule is CSc1nc(C)c(CCC(=O)NCCC(=O)N2CCN(c3ccccc3)CC2)c(=O)[nH]1. The van der Waals surface area contributed by atoms with Gasteiger partial charge in [-0.2, -0.15) is 0 Å². The standard InChI is InChI=1S/C22H29N5O3S/c1-16-18(21(30)25-22(24-16)31-2)8-9-19(28)23-11-10-20(29)27-14-12-26(13-15-27)17-6-4-3-5-7-17/h3-7H,8-15H2,1-2H3,(H,23,28)(H,24,25,30). The lowest BCUT2D eigenvalue weighted by atomic mass is 10.1. The number of aromatic nitrogens is 2. The summed E-state index contributed by atoms with van der Waals surface area (Å²) in [7, 11) is 0. The number of aromatic amines is 1. The number of carbonyl (C=O) groups is 2. The van der Waals surface area contributed by atoms with Crippen molar-refractivity contribution in [2.75, 3.05) is 43.9 Å². The Morgan fingerprint density at radius 2 is 1.84 bits per heavy atom. The number of benzene rings is 1. The van der Waals surface area contributed by atoms with Crippen LogP contribution in [0.3, 0.4) is 0 Å². The highest BCUT2D eigenvalue weighted by Crippen LogP contribution is 2.16. The molecule has 3 rings (SSSR count). The molecule has 2 aromatic rings. The van der Waals surface area contributed by atoms with E-state index in [1.165, 1.54) is 17.4 Å². The van der Waals surface area contributed by atoms with E-state index in [2.05, 4.69) is 32.3 Å². The number of piperazine rings is 1. The molecule has 2 amide bonds. The number of H-pyrrole nitrogens is 1. The second kappa shape index (κ2) is 11.0. The number of amides is 2. The number of nitrogens with zero attached hydrogens (tertiary/aromatic N) is 3. The van der Waals surface area contributed by atoms with E-state index >= 15 is 0 Å². The van der Waals surface area contributed by atoms with Crippen molar-refractivity contribution in [1.29, 1.82) is 0 Å². The fourth-order valence-electron chi connectivity index (χ4n) is 3.62. The van der Waals surface area contributed by atoms with Gasteiger partial charge in [-0.15, -0.1) is 0 Å². The first kappa shape index (κ1) is 22.9. The van der Waals surface area contributed by atoms with E-state index in [1.807, 2.05) is 29.4 Å². The highest BCUT2D eigenvalue weighted by Gasteiger charge is 2.21. The smallest absolute Gasteiger partial charge is 0.254 e. The second-order valence-corrected chi connectivity index (χ2v) is 8.24. The summed E-state index contributed by atoms with van der Waals surface area (Å²) >= 11 is 1.37. The van der Waals surface area contributed by atoms with Crippen LogP contribution in [0.15, 0.2) is 40.3 Å². The number of para-hydroxylation sites is 1. The predicted molar refractivity (Wildman–Crippen MR) is 123 cm³/mol. The van der Waals surface area contributed by atoms with Gasteiger partial charge in [0.2, 0.25) is 11.8 Å². The van der Waals surface area contributed by atoms with Crippen LogP contribution in [0.25, 0.3) is 0 Å². The number of hydrogen-bond acceptors (Lipinski definition) is 6. The molecule has 1 aromatic heterocycles. The van der Waals surface area contributed by atoms with Crippen LogP contribution < -0.4 is 15.8 Å². The van der Waals surface area contributed by atoms with Gasteiger partial charge in [0.15, 0.2) is 5.16 Å². The van der Waals surface area contributed by atoms with Crippen LogP contribution in [0.2, 0.25) is 0 Å². The van der Waals surface area contributed by atoms with Crippen LogP contribution in [0.1, 0.15) is 24.1 Å². The summed E-state index contributed by atoms with van der Waals surface area (Å²) in [5.41, 5.74) is 2.15. The first-order valence-corrected chi connectivity index (χ1v) is 11.7. The Morgan fingerprint density at radius 1 is 1.13 bits per heavy atom. The molecule has 2 N–H and O–H groups in total. The Morgan fingerprint density at radius 3 is 2.48 bits per heavy atom. The molecule has 8 nitrogen and oxygen atoms in total. The summed E-state index contributed by atoms with van der Waals surface area (Å²) in [5, 5.41) is 3.35. The molecule has 0 spiro atoms. The van der Waals surface area contributed by atoms with Crippen molar-refractivity contribution in [3.05, 3.63) is 51.9 Å². The summed E-state index contributed by atoms with van der Waals surface area (Å²) in [6.45, 7) is 5.05. The molecule has 0 radical (unpaired) electrons. The summed E-state index contributed by atoms with van der Waals surface area (Å²) in [6, 6.07) is 10.2. The third-order valence-corrected chi connectivity index (χ3v) is 5.99. The molecule has 1 aliphatic heterocycles. The number of thioether (sulfide) groups is 1. The van der Waals surface area contributed by atoms with E-state index in [0.29, 0.717) is 42.5 Å². The first-order chi connectivity index (χ1) is 15.0. The summed E-state index contributed by atoms with van der Waals surface area (Å²) < 4.78 is 0. The topological polar surface area (TPSA) is 98.4 Å². The van der Waals surface area contributed by atoms with E-state index in [1.54, 1.807) is 6.92 Å². The van der Waals surface area contributed by atoms with Crippen LogP contribution in [0.5, 0.6) is 0 Å². The third kappa shape index (κ3) is 6.33. The van der Waals surface area contributed by atoms with Gasteiger partial charge in [0.05, 0.1) is 0 Å². The molecule has 2 heterocycles. The van der Waals surface area contributed by atoms with Gasteiger partial charge in [-0.05, 0) is 31.7 Å². The van der Waals surface area contributed by atoms with E-state index in [4.69, 9.17) is 0 Å². The fourth-order valence-corrected chi connectivity index (χ4v) is 4.05. The average Bonchev–Trinajstić information content (AvgIpc) is 2.79. The number of carbonyl (C=O) groups excluding carboxylic acids is 2. The van der Waals surface area contributed by atoms with Gasteiger partial charge >= 0.3 is 0 Å². The van der Waals surface area contributed by atoms with Gasteiger partial charge in [-0.25, -0.2) is 4.98 Å². The highest BCUT2D eigenvalue weighted by atomic mass is 32.2. The molecular formula is C22H29N5O3S. The lowest BCUT2D eigenvalue weighted by Gasteiger charge is -2.36. The van der Waals surface area contributed by atoms with Crippen LogP contribution in [-0.4, -0.2) is 65.7 Å². The zero-order valence-electron chi connectivity index (χ0n) is 18.0. The maximum absolute atomic E-state index is 12.5. The average molecular weight is 444 g/mol. The molecule has 9 heteroatoms. The molecule has 0 saturated carbocycles. The van der Waals surface area contributed by atoms with Gasteiger partial charge < -0.3 is 20.1 Å². The third-order valence-electron chi connectivity index (χ3n) is 5.41. The molecule has 0 unspecified atom stereocenters. The van der Waals surface area contributed by atoms with Gasteiger partial charge in [0, 0.05) is 62.5 Å². The molecule has 0 aliphatic carbocycles. The van der Waals surface area contributed by atoms with E-state index in [-0.39, 0.29) is 30.2 Å². The summed E-state index contributed by atoms with van der Waals surface area (Å²) in [4.78, 5) is 47.9. The molecule has 1 aliphatic rings. The van der Waals surface area contributed by atoms with Crippen LogP contribution in [0, 0.1) is 6.92 Å². The Bertz CT molecular complexity index is 955. The molecule has 0 bridgehead atoms. The number of rotatable bonds is 8. The number of aryl methyl sites for hydroxylation is 1. The van der Waals surface area contributed by atoms with Gasteiger partial charge in [0.1, 0.15) is 0 Å². The molecule has 1 fully saturated rings. The molecule has 0 atom stereocenters.